The summed E-state index contributed by atoms with van der Waals surface area (Å²) in [5, 5.41) is 17.1. The van der Waals surface area contributed by atoms with Gasteiger partial charge in [-0.25, -0.2) is 0 Å². The number of likely N-dealkylation sites (tertiary alicyclic amines) is 1. The highest BCUT2D eigenvalue weighted by atomic mass is 16.3. The van der Waals surface area contributed by atoms with E-state index in [-0.39, 0.29) is 12.6 Å². The van der Waals surface area contributed by atoms with Crippen LogP contribution >= 0.6 is 0 Å². The predicted molar refractivity (Wildman–Crippen MR) is 32.4 cm³/mol. The van der Waals surface area contributed by atoms with Crippen molar-refractivity contribution < 1.29 is 5.11 Å². The predicted octanol–water partition coefficient (Wildman–Crippen LogP) is -0.0758. The molecule has 0 aromatic rings. The molecule has 0 amide bonds. The number of hydrogen-bond donors (Lipinski definition) is 1. The lowest BCUT2D eigenvalue weighted by atomic mass is 10.2. The minimum absolute atomic E-state index is 0.106. The zero-order valence-electron chi connectivity index (χ0n) is 5.25. The van der Waals surface area contributed by atoms with Crippen molar-refractivity contribution in [1.29, 1.82) is 5.26 Å². The van der Waals surface area contributed by atoms with E-state index >= 15 is 0 Å². The summed E-state index contributed by atoms with van der Waals surface area (Å²) in [7, 11) is 0. The zero-order valence-corrected chi connectivity index (χ0v) is 5.25. The minimum atomic E-state index is 0.106. The molecular weight excluding hydrogens is 116 g/mol. The third kappa shape index (κ3) is 1.14. The third-order valence-corrected chi connectivity index (χ3v) is 1.72. The Morgan fingerprint density at radius 3 is 3.00 bits per heavy atom. The molecule has 1 saturated heterocycles. The Bertz CT molecular complexity index is 130. The van der Waals surface area contributed by atoms with Crippen LogP contribution in [-0.4, -0.2) is 29.2 Å². The van der Waals surface area contributed by atoms with Gasteiger partial charge in [0.2, 0.25) is 0 Å². The van der Waals surface area contributed by atoms with Crippen molar-refractivity contribution in [2.75, 3.05) is 13.2 Å². The summed E-state index contributed by atoms with van der Waals surface area (Å²) in [5.74, 6) is 0. The van der Waals surface area contributed by atoms with Gasteiger partial charge in [-0.1, -0.05) is 0 Å². The van der Waals surface area contributed by atoms with Crippen LogP contribution in [0.5, 0.6) is 0 Å². The Labute approximate surface area is 54.5 Å². The molecule has 0 bridgehead atoms. The van der Waals surface area contributed by atoms with Gasteiger partial charge < -0.3 is 10.0 Å². The summed E-state index contributed by atoms with van der Waals surface area (Å²) < 4.78 is 0. The van der Waals surface area contributed by atoms with E-state index in [1.807, 2.05) is 6.19 Å². The number of rotatable bonds is 1. The molecule has 1 aliphatic rings. The van der Waals surface area contributed by atoms with Gasteiger partial charge in [0.1, 0.15) is 0 Å². The van der Waals surface area contributed by atoms with E-state index in [9.17, 15) is 0 Å². The van der Waals surface area contributed by atoms with Gasteiger partial charge in [0.05, 0.1) is 12.6 Å². The average Bonchev–Trinajstić information content (AvgIpc) is 2.33. The number of nitriles is 1. The maximum absolute atomic E-state index is 8.67. The topological polar surface area (TPSA) is 47.3 Å². The average molecular weight is 126 g/mol. The first kappa shape index (κ1) is 6.37. The Morgan fingerprint density at radius 2 is 2.56 bits per heavy atom. The molecule has 0 aromatic heterocycles. The Morgan fingerprint density at radius 1 is 1.78 bits per heavy atom. The van der Waals surface area contributed by atoms with Crippen molar-refractivity contribution in [2.45, 2.75) is 18.9 Å². The van der Waals surface area contributed by atoms with Crippen molar-refractivity contribution >= 4 is 0 Å². The van der Waals surface area contributed by atoms with E-state index < -0.39 is 0 Å². The number of hydrogen-bond acceptors (Lipinski definition) is 3. The van der Waals surface area contributed by atoms with E-state index in [2.05, 4.69) is 0 Å². The molecule has 1 aliphatic heterocycles. The first-order valence-electron chi connectivity index (χ1n) is 3.15. The molecule has 3 nitrogen and oxygen atoms in total. The van der Waals surface area contributed by atoms with Gasteiger partial charge in [-0.3, -0.25) is 0 Å². The summed E-state index contributed by atoms with van der Waals surface area (Å²) in [6, 6.07) is 0.106. The lowest BCUT2D eigenvalue weighted by Crippen LogP contribution is -2.27. The molecule has 1 fully saturated rings. The van der Waals surface area contributed by atoms with Crippen LogP contribution in [-0.2, 0) is 0 Å². The highest BCUT2D eigenvalue weighted by Gasteiger charge is 2.21. The molecule has 0 unspecified atom stereocenters. The SMILES string of the molecule is N#CN1CCC[C@@H]1CO. The van der Waals surface area contributed by atoms with Gasteiger partial charge in [-0.05, 0) is 12.8 Å². The van der Waals surface area contributed by atoms with Crippen molar-refractivity contribution in [3.8, 4) is 6.19 Å². The maximum atomic E-state index is 8.67. The quantitative estimate of drug-likeness (QED) is 0.500. The van der Waals surface area contributed by atoms with E-state index in [0.29, 0.717) is 0 Å². The molecule has 0 saturated carbocycles. The van der Waals surface area contributed by atoms with Crippen molar-refractivity contribution in [2.24, 2.45) is 0 Å². The Kier molecular flexibility index (Phi) is 1.91. The molecule has 0 aromatic carbocycles. The van der Waals surface area contributed by atoms with Crippen LogP contribution in [0.3, 0.4) is 0 Å². The smallest absolute Gasteiger partial charge is 0.179 e. The Hall–Kier alpha value is -0.750. The fraction of sp³-hybridized carbons (Fsp3) is 0.833. The Balaban J connectivity index is 2.44. The molecule has 50 valence electrons. The number of aliphatic hydroxyl groups excluding tert-OH is 1. The molecule has 1 atom stereocenters. The molecule has 0 spiro atoms. The highest BCUT2D eigenvalue weighted by Crippen LogP contribution is 2.14. The number of nitrogens with zero attached hydrogens (tertiary/aromatic N) is 2. The molecule has 0 radical (unpaired) electrons. The van der Waals surface area contributed by atoms with Crippen molar-refractivity contribution in [1.82, 2.24) is 4.90 Å². The summed E-state index contributed by atoms with van der Waals surface area (Å²) >= 11 is 0. The van der Waals surface area contributed by atoms with Gasteiger partial charge in [0.15, 0.2) is 6.19 Å². The first-order valence-corrected chi connectivity index (χ1v) is 3.15. The fourth-order valence-electron chi connectivity index (χ4n) is 1.16. The second kappa shape index (κ2) is 2.70. The lowest BCUT2D eigenvalue weighted by Gasteiger charge is -2.14. The number of aliphatic hydroxyl groups is 1. The summed E-state index contributed by atoms with van der Waals surface area (Å²) in [6.07, 6.45) is 4.04. The van der Waals surface area contributed by atoms with Crippen LogP contribution in [0, 0.1) is 11.5 Å². The van der Waals surface area contributed by atoms with Gasteiger partial charge >= 0.3 is 0 Å². The van der Waals surface area contributed by atoms with E-state index in [0.717, 1.165) is 19.4 Å². The maximum Gasteiger partial charge on any atom is 0.179 e. The lowest BCUT2D eigenvalue weighted by molar-refractivity contribution is 0.201. The molecule has 1 N–H and O–H groups in total. The van der Waals surface area contributed by atoms with Crippen molar-refractivity contribution in [3.05, 3.63) is 0 Å². The summed E-state index contributed by atoms with van der Waals surface area (Å²) in [5.41, 5.74) is 0. The highest BCUT2D eigenvalue weighted by molar-refractivity contribution is 4.87. The molecule has 1 heterocycles. The van der Waals surface area contributed by atoms with Crippen molar-refractivity contribution in [3.63, 3.8) is 0 Å². The van der Waals surface area contributed by atoms with Crippen LogP contribution in [0.2, 0.25) is 0 Å². The van der Waals surface area contributed by atoms with Gasteiger partial charge in [-0.15, -0.1) is 0 Å². The largest absolute Gasteiger partial charge is 0.394 e. The fourth-order valence-corrected chi connectivity index (χ4v) is 1.16. The molecule has 9 heavy (non-hydrogen) atoms. The van der Waals surface area contributed by atoms with Crippen LogP contribution in [0.1, 0.15) is 12.8 Å². The molecule has 0 aliphatic carbocycles. The monoisotopic (exact) mass is 126 g/mol. The molecule has 1 rings (SSSR count). The second-order valence-corrected chi connectivity index (χ2v) is 2.27. The zero-order chi connectivity index (χ0) is 6.69. The van der Waals surface area contributed by atoms with Gasteiger partial charge in [-0.2, -0.15) is 5.26 Å². The summed E-state index contributed by atoms with van der Waals surface area (Å²) in [6.45, 7) is 0.940. The van der Waals surface area contributed by atoms with Gasteiger partial charge in [0.25, 0.3) is 0 Å². The third-order valence-electron chi connectivity index (χ3n) is 1.72. The van der Waals surface area contributed by atoms with Crippen LogP contribution in [0.15, 0.2) is 0 Å². The normalized spacial score (nSPS) is 26.2. The van der Waals surface area contributed by atoms with Crippen LogP contribution in [0.4, 0.5) is 0 Å². The second-order valence-electron chi connectivity index (χ2n) is 2.27. The standard InChI is InChI=1S/C6H10N2O/c7-5-8-3-1-2-6(8)4-9/h6,9H,1-4H2/t6-/m1/s1. The first-order chi connectivity index (χ1) is 4.38. The van der Waals surface area contributed by atoms with Gasteiger partial charge in [0, 0.05) is 6.54 Å². The van der Waals surface area contributed by atoms with E-state index in [1.54, 1.807) is 4.90 Å². The van der Waals surface area contributed by atoms with Crippen LogP contribution < -0.4 is 0 Å². The van der Waals surface area contributed by atoms with E-state index in [1.165, 1.54) is 0 Å². The molecule has 3 heteroatoms. The summed E-state index contributed by atoms with van der Waals surface area (Å²) in [4.78, 5) is 1.64. The van der Waals surface area contributed by atoms with E-state index in [4.69, 9.17) is 10.4 Å². The minimum Gasteiger partial charge on any atom is -0.394 e. The van der Waals surface area contributed by atoms with Crippen LogP contribution in [0.25, 0.3) is 0 Å². The molecular formula is C6H10N2O.